The van der Waals surface area contributed by atoms with Gasteiger partial charge in [-0.1, -0.05) is 13.8 Å². The molecule has 0 unspecified atom stereocenters. The van der Waals surface area contributed by atoms with Crippen molar-refractivity contribution in [3.63, 3.8) is 0 Å². The summed E-state index contributed by atoms with van der Waals surface area (Å²) in [6, 6.07) is 5.68. The van der Waals surface area contributed by atoms with Gasteiger partial charge in [0.1, 0.15) is 11.8 Å². The van der Waals surface area contributed by atoms with Crippen molar-refractivity contribution in [2.75, 3.05) is 17.7 Å². The van der Waals surface area contributed by atoms with Crippen LogP contribution in [-0.2, 0) is 14.8 Å². The Labute approximate surface area is 138 Å². The zero-order valence-corrected chi connectivity index (χ0v) is 15.3. The summed E-state index contributed by atoms with van der Waals surface area (Å²) in [5.41, 5.74) is 0.424. The molecule has 6 nitrogen and oxygen atoms in total. The molecule has 0 aromatic heterocycles. The van der Waals surface area contributed by atoms with Crippen molar-refractivity contribution >= 4 is 21.6 Å². The first-order chi connectivity index (χ1) is 10.6. The van der Waals surface area contributed by atoms with Crippen LogP contribution in [0.5, 0.6) is 5.75 Å². The number of amides is 1. The Morgan fingerprint density at radius 3 is 2.04 bits per heavy atom. The average molecular weight is 342 g/mol. The molecule has 0 heterocycles. The number of rotatable bonds is 7. The van der Waals surface area contributed by atoms with Crippen molar-refractivity contribution < 1.29 is 17.9 Å². The van der Waals surface area contributed by atoms with E-state index < -0.39 is 16.1 Å². The Kier molecular flexibility index (Phi) is 6.44. The summed E-state index contributed by atoms with van der Waals surface area (Å²) in [6.45, 7) is 7.46. The molecule has 0 saturated heterocycles. The lowest BCUT2D eigenvalue weighted by molar-refractivity contribution is -0.122. The molecule has 0 radical (unpaired) electrons. The molecule has 23 heavy (non-hydrogen) atoms. The fourth-order valence-corrected chi connectivity index (χ4v) is 3.22. The molecule has 1 N–H and O–H groups in total. The third-order valence-corrected chi connectivity index (χ3v) is 5.03. The summed E-state index contributed by atoms with van der Waals surface area (Å²) in [5.74, 6) is 0.555. The van der Waals surface area contributed by atoms with Crippen molar-refractivity contribution in [1.29, 1.82) is 0 Å². The number of carbonyl (C=O) groups is 1. The maximum absolute atomic E-state index is 12.4. The standard InChI is InChI=1S/C16H26N2O4S/c1-11(2)12(3)17-16(19)13(4)18(23(6,20)21)14-7-9-15(22-5)10-8-14/h7-13H,1-6H3,(H,17,19)/t12-,13-/m0/s1. The average Bonchev–Trinajstić information content (AvgIpc) is 2.46. The number of ether oxygens (including phenoxy) is 1. The van der Waals surface area contributed by atoms with Gasteiger partial charge in [0.25, 0.3) is 0 Å². The number of hydrogen-bond donors (Lipinski definition) is 1. The molecular weight excluding hydrogens is 316 g/mol. The molecule has 0 aliphatic carbocycles. The number of methoxy groups -OCH3 is 1. The van der Waals surface area contributed by atoms with E-state index in [0.29, 0.717) is 11.4 Å². The molecule has 0 spiro atoms. The van der Waals surface area contributed by atoms with Crippen LogP contribution in [0.1, 0.15) is 27.7 Å². The predicted molar refractivity (Wildman–Crippen MR) is 92.2 cm³/mol. The van der Waals surface area contributed by atoms with Crippen LogP contribution in [0, 0.1) is 5.92 Å². The first-order valence-electron chi connectivity index (χ1n) is 7.51. The van der Waals surface area contributed by atoms with Crippen LogP contribution in [0.4, 0.5) is 5.69 Å². The first-order valence-corrected chi connectivity index (χ1v) is 9.36. The minimum absolute atomic E-state index is 0.0396. The minimum Gasteiger partial charge on any atom is -0.497 e. The molecule has 7 heteroatoms. The quantitative estimate of drug-likeness (QED) is 0.822. The van der Waals surface area contributed by atoms with E-state index in [1.165, 1.54) is 7.11 Å². The van der Waals surface area contributed by atoms with E-state index in [2.05, 4.69) is 5.32 Å². The Hall–Kier alpha value is -1.76. The van der Waals surface area contributed by atoms with Crippen molar-refractivity contribution in [1.82, 2.24) is 5.32 Å². The lowest BCUT2D eigenvalue weighted by Gasteiger charge is -2.30. The summed E-state index contributed by atoms with van der Waals surface area (Å²) in [4.78, 5) is 12.4. The van der Waals surface area contributed by atoms with E-state index >= 15 is 0 Å². The molecule has 0 fully saturated rings. The Bertz CT molecular complexity index is 626. The fraction of sp³-hybridized carbons (Fsp3) is 0.562. The SMILES string of the molecule is COc1ccc(N([C@@H](C)C(=O)N[C@@H](C)C(C)C)S(C)(=O)=O)cc1. The van der Waals surface area contributed by atoms with Gasteiger partial charge in [-0.25, -0.2) is 8.42 Å². The van der Waals surface area contributed by atoms with E-state index in [1.54, 1.807) is 31.2 Å². The van der Waals surface area contributed by atoms with Gasteiger partial charge in [0.05, 0.1) is 19.1 Å². The van der Waals surface area contributed by atoms with Crippen molar-refractivity contribution in [3.05, 3.63) is 24.3 Å². The molecule has 1 aromatic rings. The molecule has 1 rings (SSSR count). The second kappa shape index (κ2) is 7.68. The summed E-state index contributed by atoms with van der Waals surface area (Å²) in [7, 11) is -2.07. The molecule has 1 amide bonds. The fourth-order valence-electron chi connectivity index (χ4n) is 2.05. The van der Waals surface area contributed by atoms with Gasteiger partial charge in [-0.2, -0.15) is 0 Å². The molecule has 1 aromatic carbocycles. The minimum atomic E-state index is -3.61. The highest BCUT2D eigenvalue weighted by molar-refractivity contribution is 7.92. The third-order valence-electron chi connectivity index (χ3n) is 3.79. The van der Waals surface area contributed by atoms with Crippen molar-refractivity contribution in [2.24, 2.45) is 5.92 Å². The van der Waals surface area contributed by atoms with E-state index in [4.69, 9.17) is 4.74 Å². The van der Waals surface area contributed by atoms with Crippen molar-refractivity contribution in [2.45, 2.75) is 39.8 Å². The molecule has 2 atom stereocenters. The molecule has 130 valence electrons. The number of nitrogens with zero attached hydrogens (tertiary/aromatic N) is 1. The van der Waals surface area contributed by atoms with Gasteiger partial charge in [0, 0.05) is 6.04 Å². The van der Waals surface area contributed by atoms with Gasteiger partial charge in [0.15, 0.2) is 0 Å². The number of nitrogens with one attached hydrogen (secondary N) is 1. The second-order valence-electron chi connectivity index (χ2n) is 5.97. The number of anilines is 1. The van der Waals surface area contributed by atoms with Gasteiger partial charge in [0.2, 0.25) is 15.9 Å². The number of sulfonamides is 1. The number of hydrogen-bond acceptors (Lipinski definition) is 4. The Balaban J connectivity index is 3.09. The van der Waals surface area contributed by atoms with Gasteiger partial charge in [-0.05, 0) is 44.0 Å². The maximum atomic E-state index is 12.4. The zero-order chi connectivity index (χ0) is 17.8. The largest absolute Gasteiger partial charge is 0.497 e. The maximum Gasteiger partial charge on any atom is 0.243 e. The summed E-state index contributed by atoms with van der Waals surface area (Å²) in [5, 5.41) is 2.85. The molecule has 0 aliphatic heterocycles. The van der Waals surface area contributed by atoms with E-state index in [9.17, 15) is 13.2 Å². The number of benzene rings is 1. The van der Waals surface area contributed by atoms with E-state index in [1.807, 2.05) is 20.8 Å². The van der Waals surface area contributed by atoms with Crippen LogP contribution in [0.15, 0.2) is 24.3 Å². The van der Waals surface area contributed by atoms with Crippen LogP contribution < -0.4 is 14.4 Å². The Morgan fingerprint density at radius 2 is 1.65 bits per heavy atom. The lowest BCUT2D eigenvalue weighted by atomic mass is 10.1. The summed E-state index contributed by atoms with van der Waals surface area (Å²) >= 11 is 0. The highest BCUT2D eigenvalue weighted by Crippen LogP contribution is 2.23. The Morgan fingerprint density at radius 1 is 1.13 bits per heavy atom. The lowest BCUT2D eigenvalue weighted by Crippen LogP contribution is -2.50. The number of carbonyl (C=O) groups excluding carboxylic acids is 1. The summed E-state index contributed by atoms with van der Waals surface area (Å²) in [6.07, 6.45) is 1.09. The molecule has 0 saturated carbocycles. The highest BCUT2D eigenvalue weighted by Gasteiger charge is 2.30. The smallest absolute Gasteiger partial charge is 0.243 e. The van der Waals surface area contributed by atoms with Crippen molar-refractivity contribution in [3.8, 4) is 5.75 Å². The van der Waals surface area contributed by atoms with Gasteiger partial charge < -0.3 is 10.1 Å². The van der Waals surface area contributed by atoms with E-state index in [-0.39, 0.29) is 17.9 Å². The van der Waals surface area contributed by atoms with Crippen LogP contribution in [0.2, 0.25) is 0 Å². The van der Waals surface area contributed by atoms with Crippen LogP contribution in [0.3, 0.4) is 0 Å². The highest BCUT2D eigenvalue weighted by atomic mass is 32.2. The monoisotopic (exact) mass is 342 g/mol. The molecular formula is C16H26N2O4S. The predicted octanol–water partition coefficient (Wildman–Crippen LogP) is 2.01. The topological polar surface area (TPSA) is 75.7 Å². The van der Waals surface area contributed by atoms with Crippen LogP contribution in [-0.4, -0.2) is 39.8 Å². The van der Waals surface area contributed by atoms with E-state index in [0.717, 1.165) is 10.6 Å². The van der Waals surface area contributed by atoms with Crippen LogP contribution >= 0.6 is 0 Å². The van der Waals surface area contributed by atoms with Crippen LogP contribution in [0.25, 0.3) is 0 Å². The normalized spacial score (nSPS) is 14.2. The van der Waals surface area contributed by atoms with Gasteiger partial charge in [-0.15, -0.1) is 0 Å². The molecule has 0 bridgehead atoms. The molecule has 0 aliphatic rings. The van der Waals surface area contributed by atoms with Gasteiger partial charge >= 0.3 is 0 Å². The second-order valence-corrected chi connectivity index (χ2v) is 7.83. The third kappa shape index (κ3) is 5.13. The first kappa shape index (κ1) is 19.3. The van der Waals surface area contributed by atoms with Gasteiger partial charge in [-0.3, -0.25) is 9.10 Å². The summed E-state index contributed by atoms with van der Waals surface area (Å²) < 4.78 is 30.5. The zero-order valence-electron chi connectivity index (χ0n) is 14.5.